The molecule has 0 aliphatic heterocycles. The highest BCUT2D eigenvalue weighted by Gasteiger charge is 2.24. The van der Waals surface area contributed by atoms with Gasteiger partial charge in [0.15, 0.2) is 0 Å². The van der Waals surface area contributed by atoms with E-state index in [9.17, 15) is 4.79 Å². The fraction of sp³-hybridized carbons (Fsp3) is 0.0357. The standard InChI is InChI=1S/C28H17N3O2/c1-14(2)17-12-19-24-18(27-30-20-8-4-5-9-21(20)31(27)28(19)32)11-15(13-29)23-16-7-3-6-10-22(16)33-26(17)25(23)24/h3-13,29H,1H2,2H3. The van der Waals surface area contributed by atoms with Crippen LogP contribution in [0.15, 0.2) is 76.5 Å². The molecule has 156 valence electrons. The average Bonchev–Trinajstić information content (AvgIpc) is 3.23. The van der Waals surface area contributed by atoms with Crippen molar-refractivity contribution in [3.63, 3.8) is 0 Å². The molecule has 0 saturated carbocycles. The molecule has 0 spiro atoms. The Bertz CT molecular complexity index is 2040. The Morgan fingerprint density at radius 1 is 1.00 bits per heavy atom. The minimum atomic E-state index is -0.118. The first-order valence-corrected chi connectivity index (χ1v) is 10.7. The molecule has 0 aliphatic carbocycles. The van der Waals surface area contributed by atoms with Crippen molar-refractivity contribution in [2.75, 3.05) is 0 Å². The van der Waals surface area contributed by atoms with Crippen molar-refractivity contribution in [1.29, 1.82) is 5.41 Å². The second-order valence-corrected chi connectivity index (χ2v) is 8.53. The molecule has 0 amide bonds. The van der Waals surface area contributed by atoms with Crippen LogP contribution in [0.5, 0.6) is 0 Å². The van der Waals surface area contributed by atoms with E-state index in [1.54, 1.807) is 4.40 Å². The first kappa shape index (κ1) is 18.1. The largest absolute Gasteiger partial charge is 0.455 e. The van der Waals surface area contributed by atoms with Gasteiger partial charge in [0.25, 0.3) is 5.56 Å². The van der Waals surface area contributed by atoms with Gasteiger partial charge in [0.2, 0.25) is 0 Å². The molecule has 0 unspecified atom stereocenters. The Balaban J connectivity index is 1.93. The van der Waals surface area contributed by atoms with Crippen molar-refractivity contribution < 1.29 is 4.42 Å². The molecular formula is C28H17N3O2. The number of aromatic nitrogens is 2. The van der Waals surface area contributed by atoms with E-state index < -0.39 is 0 Å². The van der Waals surface area contributed by atoms with E-state index in [4.69, 9.17) is 14.8 Å². The number of pyridine rings is 1. The molecule has 0 bridgehead atoms. The van der Waals surface area contributed by atoms with Crippen molar-refractivity contribution in [2.24, 2.45) is 0 Å². The predicted octanol–water partition coefficient (Wildman–Crippen LogP) is 6.52. The van der Waals surface area contributed by atoms with Gasteiger partial charge in [0, 0.05) is 49.7 Å². The maximum absolute atomic E-state index is 13.9. The van der Waals surface area contributed by atoms with Gasteiger partial charge in [-0.3, -0.25) is 9.20 Å². The van der Waals surface area contributed by atoms with E-state index in [1.807, 2.05) is 67.6 Å². The maximum Gasteiger partial charge on any atom is 0.264 e. The summed E-state index contributed by atoms with van der Waals surface area (Å²) >= 11 is 0. The molecule has 3 heterocycles. The van der Waals surface area contributed by atoms with Gasteiger partial charge in [-0.1, -0.05) is 36.9 Å². The molecule has 5 nitrogen and oxygen atoms in total. The minimum Gasteiger partial charge on any atom is -0.455 e. The molecule has 33 heavy (non-hydrogen) atoms. The summed E-state index contributed by atoms with van der Waals surface area (Å²) in [5, 5.41) is 13.1. The molecule has 4 aromatic carbocycles. The van der Waals surface area contributed by atoms with Gasteiger partial charge in [0.05, 0.1) is 11.0 Å². The lowest BCUT2D eigenvalue weighted by molar-refractivity contribution is 0.661. The number of nitrogens with zero attached hydrogens (tertiary/aromatic N) is 2. The zero-order valence-corrected chi connectivity index (χ0v) is 17.8. The first-order chi connectivity index (χ1) is 16.1. The van der Waals surface area contributed by atoms with Crippen molar-refractivity contribution in [2.45, 2.75) is 6.92 Å². The normalized spacial score (nSPS) is 12.2. The van der Waals surface area contributed by atoms with Crippen LogP contribution in [-0.4, -0.2) is 15.6 Å². The number of nitrogens with one attached hydrogen (secondary N) is 1. The zero-order chi connectivity index (χ0) is 22.4. The van der Waals surface area contributed by atoms with E-state index in [-0.39, 0.29) is 5.56 Å². The van der Waals surface area contributed by atoms with Crippen molar-refractivity contribution in [3.05, 3.63) is 88.7 Å². The third kappa shape index (κ3) is 2.13. The molecular weight excluding hydrogens is 410 g/mol. The lowest BCUT2D eigenvalue weighted by Gasteiger charge is -2.17. The van der Waals surface area contributed by atoms with Crippen LogP contribution in [0.25, 0.3) is 65.7 Å². The summed E-state index contributed by atoms with van der Waals surface area (Å²) in [6.07, 6.45) is 1.37. The monoisotopic (exact) mass is 427 g/mol. The lowest BCUT2D eigenvalue weighted by atomic mass is 9.90. The van der Waals surface area contributed by atoms with Gasteiger partial charge in [-0.15, -0.1) is 0 Å². The molecule has 0 fully saturated rings. The van der Waals surface area contributed by atoms with Crippen LogP contribution in [0.3, 0.4) is 0 Å². The van der Waals surface area contributed by atoms with Crippen molar-refractivity contribution in [1.82, 2.24) is 9.38 Å². The van der Waals surface area contributed by atoms with Gasteiger partial charge >= 0.3 is 0 Å². The number of hydrogen-bond donors (Lipinski definition) is 1. The quantitative estimate of drug-likeness (QED) is 0.194. The van der Waals surface area contributed by atoms with E-state index in [1.165, 1.54) is 6.21 Å². The number of imidazole rings is 1. The number of rotatable bonds is 2. The Morgan fingerprint density at radius 3 is 2.61 bits per heavy atom. The first-order valence-electron chi connectivity index (χ1n) is 10.7. The summed E-state index contributed by atoms with van der Waals surface area (Å²) in [6, 6.07) is 19.3. The number of para-hydroxylation sites is 3. The van der Waals surface area contributed by atoms with Crippen LogP contribution in [-0.2, 0) is 0 Å². The topological polar surface area (TPSA) is 71.4 Å². The van der Waals surface area contributed by atoms with Crippen LogP contribution in [0.1, 0.15) is 18.1 Å². The molecule has 7 aromatic rings. The highest BCUT2D eigenvalue weighted by Crippen LogP contribution is 2.43. The third-order valence-corrected chi connectivity index (χ3v) is 6.61. The Morgan fingerprint density at radius 2 is 1.79 bits per heavy atom. The second kappa shape index (κ2) is 6.04. The van der Waals surface area contributed by atoms with E-state index >= 15 is 0 Å². The van der Waals surface area contributed by atoms with Gasteiger partial charge in [-0.25, -0.2) is 4.98 Å². The average molecular weight is 427 g/mol. The SMILES string of the molecule is C=C(C)c1cc2c(=O)n3c4ccccc4nc3c3cc(C=N)c4c5ccccc5oc1c4c23. The Labute approximate surface area is 187 Å². The van der Waals surface area contributed by atoms with Gasteiger partial charge < -0.3 is 9.83 Å². The fourth-order valence-corrected chi connectivity index (χ4v) is 5.20. The molecule has 1 N–H and O–H groups in total. The molecule has 5 heteroatoms. The summed E-state index contributed by atoms with van der Waals surface area (Å²) in [4.78, 5) is 18.7. The highest BCUT2D eigenvalue weighted by molar-refractivity contribution is 6.32. The second-order valence-electron chi connectivity index (χ2n) is 8.53. The van der Waals surface area contributed by atoms with Crippen LogP contribution in [0.4, 0.5) is 0 Å². The summed E-state index contributed by atoms with van der Waals surface area (Å²) in [5.74, 6) is 0. The summed E-state index contributed by atoms with van der Waals surface area (Å²) in [7, 11) is 0. The predicted molar refractivity (Wildman–Crippen MR) is 135 cm³/mol. The molecule has 0 saturated heterocycles. The summed E-state index contributed by atoms with van der Waals surface area (Å²) < 4.78 is 8.11. The highest BCUT2D eigenvalue weighted by atomic mass is 16.3. The zero-order valence-electron chi connectivity index (χ0n) is 17.8. The number of hydrogen-bond acceptors (Lipinski definition) is 4. The van der Waals surface area contributed by atoms with Crippen molar-refractivity contribution >= 4 is 72.0 Å². The lowest BCUT2D eigenvalue weighted by Crippen LogP contribution is -2.14. The summed E-state index contributed by atoms with van der Waals surface area (Å²) in [5.41, 5.74) is 5.77. The van der Waals surface area contributed by atoms with E-state index in [0.717, 1.165) is 60.2 Å². The van der Waals surface area contributed by atoms with Gasteiger partial charge in [0.1, 0.15) is 16.8 Å². The number of fused-ring (bicyclic) bond motifs is 6. The maximum atomic E-state index is 13.9. The number of allylic oxidation sites excluding steroid dienone is 1. The van der Waals surface area contributed by atoms with Gasteiger partial charge in [-0.2, -0.15) is 0 Å². The van der Waals surface area contributed by atoms with Crippen molar-refractivity contribution in [3.8, 4) is 0 Å². The fourth-order valence-electron chi connectivity index (χ4n) is 5.20. The van der Waals surface area contributed by atoms with E-state index in [0.29, 0.717) is 16.6 Å². The van der Waals surface area contributed by atoms with Crippen LogP contribution in [0, 0.1) is 5.41 Å². The Kier molecular flexibility index (Phi) is 3.32. The van der Waals surface area contributed by atoms with E-state index in [2.05, 4.69) is 6.58 Å². The third-order valence-electron chi connectivity index (χ3n) is 6.61. The van der Waals surface area contributed by atoms with Crippen LogP contribution >= 0.6 is 0 Å². The van der Waals surface area contributed by atoms with Gasteiger partial charge in [-0.05, 0) is 42.8 Å². The molecule has 0 atom stereocenters. The summed E-state index contributed by atoms with van der Waals surface area (Å²) in [6.45, 7) is 6.08. The van der Waals surface area contributed by atoms with Crippen LogP contribution in [0.2, 0.25) is 0 Å². The molecule has 0 aliphatic rings. The molecule has 7 rings (SSSR count). The van der Waals surface area contributed by atoms with Crippen LogP contribution < -0.4 is 5.56 Å². The molecule has 3 aromatic heterocycles. The smallest absolute Gasteiger partial charge is 0.264 e. The number of benzene rings is 4. The minimum absolute atomic E-state index is 0.118. The Hall–Kier alpha value is -4.51. The molecule has 0 radical (unpaired) electrons.